The molecule has 2 unspecified atom stereocenters. The van der Waals surface area contributed by atoms with Crippen molar-refractivity contribution in [1.82, 2.24) is 15.5 Å². The molecule has 6 nitrogen and oxygen atoms in total. The maximum atomic E-state index is 14.1. The zero-order valence-electron chi connectivity index (χ0n) is 19.7. The Hall–Kier alpha value is -2.67. The van der Waals surface area contributed by atoms with Crippen LogP contribution >= 0.6 is 11.3 Å². The minimum Gasteiger partial charge on any atom is -0.352 e. The number of nitrogens with one attached hydrogen (secondary N) is 2. The first-order valence-electron chi connectivity index (χ1n) is 11.8. The van der Waals surface area contributed by atoms with E-state index in [2.05, 4.69) is 22.8 Å². The lowest BCUT2D eigenvalue weighted by Gasteiger charge is -2.44. The molecule has 0 spiro atoms. The molecule has 0 saturated carbocycles. The highest BCUT2D eigenvalue weighted by Gasteiger charge is 2.49. The van der Waals surface area contributed by atoms with Gasteiger partial charge >= 0.3 is 0 Å². The summed E-state index contributed by atoms with van der Waals surface area (Å²) in [5.74, 6) is -0.379. The Morgan fingerprint density at radius 1 is 1.09 bits per heavy atom. The third kappa shape index (κ3) is 4.83. The molecule has 7 heteroatoms. The number of thiophene rings is 1. The first-order valence-corrected chi connectivity index (χ1v) is 12.7. The van der Waals surface area contributed by atoms with Gasteiger partial charge in [-0.05, 0) is 67.5 Å². The highest BCUT2D eigenvalue weighted by molar-refractivity contribution is 7.10. The minimum absolute atomic E-state index is 0.0153. The number of piperazine rings is 1. The standard InChI is InChI=1S/C26H33N3O3S/c1-15(2)12-20-24(30)28-22(19-13-17-8-5-6-9-18(17)14-19)26(32)29(20)23(21-10-7-11-33-21)25(31)27-16(3)4/h5-11,15-16,19-20,22-23H,12-14H2,1-4H3,(H,27,31)(H,28,30)/t20?,22-,23?/m1/s1. The fourth-order valence-electron chi connectivity index (χ4n) is 5.08. The number of hydrogen-bond donors (Lipinski definition) is 2. The van der Waals surface area contributed by atoms with Crippen molar-refractivity contribution in [2.75, 3.05) is 0 Å². The Labute approximate surface area is 199 Å². The molecule has 1 saturated heterocycles. The van der Waals surface area contributed by atoms with Gasteiger partial charge in [0.2, 0.25) is 17.7 Å². The van der Waals surface area contributed by atoms with Gasteiger partial charge in [-0.2, -0.15) is 0 Å². The van der Waals surface area contributed by atoms with Gasteiger partial charge in [0.05, 0.1) is 0 Å². The van der Waals surface area contributed by atoms with Crippen LogP contribution in [0.4, 0.5) is 0 Å². The van der Waals surface area contributed by atoms with Crippen molar-refractivity contribution in [3.8, 4) is 0 Å². The van der Waals surface area contributed by atoms with Gasteiger partial charge in [-0.3, -0.25) is 14.4 Å². The molecular weight excluding hydrogens is 434 g/mol. The molecular formula is C26H33N3O3S. The van der Waals surface area contributed by atoms with Crippen molar-refractivity contribution in [3.63, 3.8) is 0 Å². The minimum atomic E-state index is -0.819. The maximum absolute atomic E-state index is 14.1. The largest absolute Gasteiger partial charge is 0.352 e. The van der Waals surface area contributed by atoms with E-state index in [0.29, 0.717) is 6.42 Å². The van der Waals surface area contributed by atoms with Gasteiger partial charge in [0.1, 0.15) is 18.1 Å². The quantitative estimate of drug-likeness (QED) is 0.655. The van der Waals surface area contributed by atoms with E-state index in [0.717, 1.165) is 17.7 Å². The second kappa shape index (κ2) is 9.67. The number of carbonyl (C=O) groups is 3. The summed E-state index contributed by atoms with van der Waals surface area (Å²) >= 11 is 1.44. The molecule has 33 heavy (non-hydrogen) atoms. The molecule has 2 aromatic rings. The molecule has 0 bridgehead atoms. The third-order valence-electron chi connectivity index (χ3n) is 6.48. The predicted molar refractivity (Wildman–Crippen MR) is 130 cm³/mol. The molecule has 1 aromatic carbocycles. The number of benzene rings is 1. The van der Waals surface area contributed by atoms with Crippen LogP contribution in [0, 0.1) is 11.8 Å². The highest BCUT2D eigenvalue weighted by atomic mass is 32.1. The number of hydrogen-bond acceptors (Lipinski definition) is 4. The van der Waals surface area contributed by atoms with Gasteiger partial charge in [0.25, 0.3) is 0 Å². The van der Waals surface area contributed by atoms with Crippen LogP contribution in [0.25, 0.3) is 0 Å². The molecule has 1 fully saturated rings. The first kappa shape index (κ1) is 23.5. The lowest BCUT2D eigenvalue weighted by Crippen LogP contribution is -2.67. The normalized spacial score (nSPS) is 21.9. The number of fused-ring (bicyclic) bond motifs is 1. The molecule has 2 aliphatic rings. The van der Waals surface area contributed by atoms with Gasteiger partial charge in [-0.1, -0.05) is 44.2 Å². The van der Waals surface area contributed by atoms with Gasteiger partial charge in [0.15, 0.2) is 0 Å². The maximum Gasteiger partial charge on any atom is 0.248 e. The summed E-state index contributed by atoms with van der Waals surface area (Å²) in [6.07, 6.45) is 2.00. The molecule has 1 aromatic heterocycles. The Kier molecular flexibility index (Phi) is 6.88. The number of carbonyl (C=O) groups excluding carboxylic acids is 3. The van der Waals surface area contributed by atoms with Crippen molar-refractivity contribution < 1.29 is 14.4 Å². The van der Waals surface area contributed by atoms with E-state index in [1.165, 1.54) is 22.5 Å². The average Bonchev–Trinajstić information content (AvgIpc) is 3.41. The Bertz CT molecular complexity index is 993. The van der Waals surface area contributed by atoms with E-state index < -0.39 is 18.1 Å². The van der Waals surface area contributed by atoms with E-state index in [4.69, 9.17) is 0 Å². The van der Waals surface area contributed by atoms with Crippen molar-refractivity contribution in [1.29, 1.82) is 0 Å². The van der Waals surface area contributed by atoms with Gasteiger partial charge < -0.3 is 15.5 Å². The second-order valence-electron chi connectivity index (χ2n) is 9.90. The van der Waals surface area contributed by atoms with E-state index in [1.807, 2.05) is 57.3 Å². The van der Waals surface area contributed by atoms with Gasteiger partial charge in [-0.15, -0.1) is 11.3 Å². The molecule has 1 aliphatic carbocycles. The van der Waals surface area contributed by atoms with Gasteiger partial charge in [0, 0.05) is 10.9 Å². The zero-order valence-corrected chi connectivity index (χ0v) is 20.5. The molecule has 0 radical (unpaired) electrons. The molecule has 4 rings (SSSR count). The molecule has 3 atom stereocenters. The molecule has 3 amide bonds. The van der Waals surface area contributed by atoms with Gasteiger partial charge in [-0.25, -0.2) is 0 Å². The van der Waals surface area contributed by atoms with Crippen LogP contribution in [-0.2, 0) is 27.2 Å². The van der Waals surface area contributed by atoms with Crippen molar-refractivity contribution in [3.05, 3.63) is 57.8 Å². The molecule has 2 heterocycles. The molecule has 1 aliphatic heterocycles. The average molecular weight is 468 g/mol. The van der Waals surface area contributed by atoms with Crippen LogP contribution in [0.3, 0.4) is 0 Å². The predicted octanol–water partition coefficient (Wildman–Crippen LogP) is 3.47. The van der Waals surface area contributed by atoms with Crippen molar-refractivity contribution in [2.45, 2.75) is 71.1 Å². The van der Waals surface area contributed by atoms with Crippen LogP contribution in [0.2, 0.25) is 0 Å². The molecule has 2 N–H and O–H groups in total. The van der Waals surface area contributed by atoms with E-state index in [9.17, 15) is 14.4 Å². The Morgan fingerprint density at radius 3 is 2.30 bits per heavy atom. The second-order valence-corrected chi connectivity index (χ2v) is 10.9. The van der Waals surface area contributed by atoms with Crippen LogP contribution in [-0.4, -0.2) is 40.7 Å². The summed E-state index contributed by atoms with van der Waals surface area (Å²) in [7, 11) is 0. The Balaban J connectivity index is 1.71. The molecule has 176 valence electrons. The van der Waals surface area contributed by atoms with Crippen molar-refractivity contribution >= 4 is 29.1 Å². The fraction of sp³-hybridized carbons (Fsp3) is 0.500. The summed E-state index contributed by atoms with van der Waals surface area (Å²) in [4.78, 5) is 43.3. The summed E-state index contributed by atoms with van der Waals surface area (Å²) < 4.78 is 0. The van der Waals surface area contributed by atoms with E-state index in [-0.39, 0.29) is 35.6 Å². The van der Waals surface area contributed by atoms with E-state index >= 15 is 0 Å². The highest BCUT2D eigenvalue weighted by Crippen LogP contribution is 2.36. The summed E-state index contributed by atoms with van der Waals surface area (Å²) in [5, 5.41) is 7.93. The number of amides is 3. The van der Waals surface area contributed by atoms with Crippen LogP contribution in [0.15, 0.2) is 41.8 Å². The monoisotopic (exact) mass is 467 g/mol. The number of rotatable bonds is 7. The van der Waals surface area contributed by atoms with Crippen molar-refractivity contribution in [2.24, 2.45) is 11.8 Å². The smallest absolute Gasteiger partial charge is 0.248 e. The Morgan fingerprint density at radius 2 is 1.76 bits per heavy atom. The number of nitrogens with zero attached hydrogens (tertiary/aromatic N) is 1. The summed E-state index contributed by atoms with van der Waals surface area (Å²) in [6, 6.07) is 9.76. The summed E-state index contributed by atoms with van der Waals surface area (Å²) in [5.41, 5.74) is 2.46. The zero-order chi connectivity index (χ0) is 23.7. The van der Waals surface area contributed by atoms with Crippen LogP contribution in [0.1, 0.15) is 56.2 Å². The van der Waals surface area contributed by atoms with Crippen LogP contribution < -0.4 is 10.6 Å². The fourth-order valence-corrected chi connectivity index (χ4v) is 5.90. The lowest BCUT2D eigenvalue weighted by atomic mass is 9.88. The lowest BCUT2D eigenvalue weighted by molar-refractivity contribution is -0.157. The summed E-state index contributed by atoms with van der Waals surface area (Å²) in [6.45, 7) is 7.87. The van der Waals surface area contributed by atoms with Crippen LogP contribution in [0.5, 0.6) is 0 Å². The SMILES string of the molecule is CC(C)CC1C(=O)N[C@H](C2Cc3ccccc3C2)C(=O)N1C(C(=O)NC(C)C)c1cccs1. The third-order valence-corrected chi connectivity index (χ3v) is 7.40. The van der Waals surface area contributed by atoms with E-state index in [1.54, 1.807) is 4.90 Å². The topological polar surface area (TPSA) is 78.5 Å². The first-order chi connectivity index (χ1) is 15.8.